The van der Waals surface area contributed by atoms with E-state index in [0.29, 0.717) is 30.8 Å². The summed E-state index contributed by atoms with van der Waals surface area (Å²) in [5.41, 5.74) is 1.44. The molecule has 6 heteroatoms. The first-order valence-electron chi connectivity index (χ1n) is 7.39. The maximum atomic E-state index is 12.8. The molecule has 0 aromatic carbocycles. The molecule has 0 radical (unpaired) electrons. The molecule has 1 amide bonds. The first kappa shape index (κ1) is 14.1. The second kappa shape index (κ2) is 4.58. The highest BCUT2D eigenvalue weighted by molar-refractivity contribution is 5.97. The standard InChI is InChI=1S/C15H21N3O3/c1-9-12(10(2)17(3)16-9)13(19)18-7-11-5-4-6-15(11,8-18)14(20)21/h11H,4-8H2,1-3H3,(H,20,21)/t11-,15+/m0/s1. The average Bonchev–Trinajstić information content (AvgIpc) is 3.01. The lowest BCUT2D eigenvalue weighted by Crippen LogP contribution is -2.37. The number of carbonyl (C=O) groups is 2. The van der Waals surface area contributed by atoms with Gasteiger partial charge in [-0.3, -0.25) is 14.3 Å². The second-order valence-corrected chi connectivity index (χ2v) is 6.41. The van der Waals surface area contributed by atoms with Gasteiger partial charge >= 0.3 is 5.97 Å². The number of likely N-dealkylation sites (tertiary alicyclic amines) is 1. The number of rotatable bonds is 2. The predicted molar refractivity (Wildman–Crippen MR) is 76.0 cm³/mol. The van der Waals surface area contributed by atoms with Gasteiger partial charge in [-0.25, -0.2) is 0 Å². The Hall–Kier alpha value is -1.85. The van der Waals surface area contributed by atoms with E-state index < -0.39 is 11.4 Å². The Bertz CT molecular complexity index is 622. The van der Waals surface area contributed by atoms with Crippen LogP contribution in [-0.2, 0) is 11.8 Å². The SMILES string of the molecule is Cc1nn(C)c(C)c1C(=O)N1C[C@@H]2CCC[C@@]2(C(=O)O)C1. The fraction of sp³-hybridized carbons (Fsp3) is 0.667. The minimum atomic E-state index is -0.750. The molecule has 3 rings (SSSR count). The highest BCUT2D eigenvalue weighted by Gasteiger charge is 2.56. The first-order valence-corrected chi connectivity index (χ1v) is 7.39. The maximum absolute atomic E-state index is 12.8. The Labute approximate surface area is 123 Å². The van der Waals surface area contributed by atoms with Gasteiger partial charge in [-0.05, 0) is 32.6 Å². The van der Waals surface area contributed by atoms with Gasteiger partial charge in [0.25, 0.3) is 5.91 Å². The summed E-state index contributed by atoms with van der Waals surface area (Å²) in [4.78, 5) is 26.2. The summed E-state index contributed by atoms with van der Waals surface area (Å²) in [7, 11) is 1.82. The number of aromatic nitrogens is 2. The van der Waals surface area contributed by atoms with Crippen LogP contribution in [-0.4, -0.2) is 44.8 Å². The summed E-state index contributed by atoms with van der Waals surface area (Å²) in [6.07, 6.45) is 2.53. The smallest absolute Gasteiger partial charge is 0.311 e. The molecular formula is C15H21N3O3. The van der Waals surface area contributed by atoms with Gasteiger partial charge in [-0.2, -0.15) is 5.10 Å². The van der Waals surface area contributed by atoms with Crippen LogP contribution in [0.25, 0.3) is 0 Å². The van der Waals surface area contributed by atoms with E-state index in [1.54, 1.807) is 9.58 Å². The van der Waals surface area contributed by atoms with Crippen molar-refractivity contribution < 1.29 is 14.7 Å². The van der Waals surface area contributed by atoms with Crippen molar-refractivity contribution in [3.63, 3.8) is 0 Å². The number of aliphatic carboxylic acids is 1. The molecule has 0 spiro atoms. The molecule has 2 heterocycles. The van der Waals surface area contributed by atoms with Crippen LogP contribution in [0.5, 0.6) is 0 Å². The molecule has 0 bridgehead atoms. The zero-order chi connectivity index (χ0) is 15.4. The van der Waals surface area contributed by atoms with Gasteiger partial charge in [0.2, 0.25) is 0 Å². The lowest BCUT2D eigenvalue weighted by Gasteiger charge is -2.23. The molecule has 114 valence electrons. The van der Waals surface area contributed by atoms with Gasteiger partial charge in [-0.15, -0.1) is 0 Å². The zero-order valence-electron chi connectivity index (χ0n) is 12.7. The lowest BCUT2D eigenvalue weighted by molar-refractivity contribution is -0.149. The van der Waals surface area contributed by atoms with Crippen molar-refractivity contribution in [1.29, 1.82) is 0 Å². The van der Waals surface area contributed by atoms with E-state index in [1.165, 1.54) is 0 Å². The lowest BCUT2D eigenvalue weighted by atomic mass is 9.81. The Kier molecular flexibility index (Phi) is 3.07. The highest BCUT2D eigenvalue weighted by atomic mass is 16.4. The number of carboxylic acids is 1. The third-order valence-electron chi connectivity index (χ3n) is 5.31. The number of carboxylic acid groups (broad SMARTS) is 1. The number of carbonyl (C=O) groups excluding carboxylic acids is 1. The van der Waals surface area contributed by atoms with Crippen molar-refractivity contribution in [1.82, 2.24) is 14.7 Å². The van der Waals surface area contributed by atoms with Gasteiger partial charge in [0.05, 0.1) is 16.7 Å². The van der Waals surface area contributed by atoms with Gasteiger partial charge < -0.3 is 10.0 Å². The number of hydrogen-bond donors (Lipinski definition) is 1. The van der Waals surface area contributed by atoms with E-state index in [2.05, 4.69) is 5.10 Å². The van der Waals surface area contributed by atoms with E-state index in [0.717, 1.165) is 18.5 Å². The largest absolute Gasteiger partial charge is 0.481 e. The zero-order valence-corrected chi connectivity index (χ0v) is 12.7. The van der Waals surface area contributed by atoms with Crippen LogP contribution in [0.4, 0.5) is 0 Å². The Balaban J connectivity index is 1.90. The Morgan fingerprint density at radius 2 is 2.10 bits per heavy atom. The summed E-state index contributed by atoms with van der Waals surface area (Å²) in [5, 5.41) is 13.9. The van der Waals surface area contributed by atoms with Crippen LogP contribution in [0.1, 0.15) is 41.0 Å². The number of amides is 1. The summed E-state index contributed by atoms with van der Waals surface area (Å²) in [5.74, 6) is -0.732. The number of aryl methyl sites for hydroxylation is 2. The molecule has 1 N–H and O–H groups in total. The molecule has 21 heavy (non-hydrogen) atoms. The summed E-state index contributed by atoms with van der Waals surface area (Å²) >= 11 is 0. The maximum Gasteiger partial charge on any atom is 0.311 e. The van der Waals surface area contributed by atoms with E-state index in [4.69, 9.17) is 0 Å². The van der Waals surface area contributed by atoms with Gasteiger partial charge in [-0.1, -0.05) is 6.42 Å². The second-order valence-electron chi connectivity index (χ2n) is 6.41. The summed E-state index contributed by atoms with van der Waals surface area (Å²) in [6.45, 7) is 4.58. The molecule has 2 atom stereocenters. The molecule has 1 aromatic heterocycles. The Morgan fingerprint density at radius 3 is 2.62 bits per heavy atom. The molecule has 1 saturated heterocycles. The highest BCUT2D eigenvalue weighted by Crippen LogP contribution is 2.49. The number of fused-ring (bicyclic) bond motifs is 1. The predicted octanol–water partition coefficient (Wildman–Crippen LogP) is 1.36. The molecule has 6 nitrogen and oxygen atoms in total. The van der Waals surface area contributed by atoms with Crippen molar-refractivity contribution in [3.8, 4) is 0 Å². The van der Waals surface area contributed by atoms with Gasteiger partial charge in [0.15, 0.2) is 0 Å². The summed E-state index contributed by atoms with van der Waals surface area (Å²) < 4.78 is 1.70. The van der Waals surface area contributed by atoms with Crippen molar-refractivity contribution in [2.24, 2.45) is 18.4 Å². The van der Waals surface area contributed by atoms with Crippen molar-refractivity contribution in [2.45, 2.75) is 33.1 Å². The first-order chi connectivity index (χ1) is 9.86. The number of hydrogen-bond acceptors (Lipinski definition) is 3. The van der Waals surface area contributed by atoms with Gasteiger partial charge in [0.1, 0.15) is 0 Å². The van der Waals surface area contributed by atoms with Crippen LogP contribution in [0, 0.1) is 25.2 Å². The fourth-order valence-corrected chi connectivity index (χ4v) is 4.03. The van der Waals surface area contributed by atoms with Crippen LogP contribution >= 0.6 is 0 Å². The van der Waals surface area contributed by atoms with E-state index in [1.807, 2.05) is 20.9 Å². The van der Waals surface area contributed by atoms with Crippen LogP contribution < -0.4 is 0 Å². The minimum Gasteiger partial charge on any atom is -0.481 e. The minimum absolute atomic E-state index is 0.0758. The average molecular weight is 291 g/mol. The topological polar surface area (TPSA) is 75.4 Å². The van der Waals surface area contributed by atoms with E-state index in [-0.39, 0.29) is 11.8 Å². The monoisotopic (exact) mass is 291 g/mol. The normalized spacial score (nSPS) is 28.0. The Morgan fingerprint density at radius 1 is 1.38 bits per heavy atom. The molecule has 1 aliphatic carbocycles. The molecule has 1 aromatic rings. The van der Waals surface area contributed by atoms with Crippen LogP contribution in [0.3, 0.4) is 0 Å². The molecule has 0 unspecified atom stereocenters. The third-order valence-corrected chi connectivity index (χ3v) is 5.31. The van der Waals surface area contributed by atoms with E-state index >= 15 is 0 Å². The van der Waals surface area contributed by atoms with Crippen molar-refractivity contribution in [2.75, 3.05) is 13.1 Å². The summed E-state index contributed by atoms with van der Waals surface area (Å²) in [6, 6.07) is 0. The van der Waals surface area contributed by atoms with Crippen molar-refractivity contribution >= 4 is 11.9 Å². The van der Waals surface area contributed by atoms with Crippen LogP contribution in [0.15, 0.2) is 0 Å². The van der Waals surface area contributed by atoms with E-state index in [9.17, 15) is 14.7 Å². The third kappa shape index (κ3) is 1.88. The molecule has 1 aliphatic heterocycles. The molecule has 1 saturated carbocycles. The quantitative estimate of drug-likeness (QED) is 0.893. The molecular weight excluding hydrogens is 270 g/mol. The van der Waals surface area contributed by atoms with Gasteiger partial charge in [0, 0.05) is 25.8 Å². The fourth-order valence-electron chi connectivity index (χ4n) is 4.03. The van der Waals surface area contributed by atoms with Crippen molar-refractivity contribution in [3.05, 3.63) is 17.0 Å². The van der Waals surface area contributed by atoms with Crippen LogP contribution in [0.2, 0.25) is 0 Å². The molecule has 2 aliphatic rings. The number of nitrogens with zero attached hydrogens (tertiary/aromatic N) is 3. The molecule has 2 fully saturated rings.